The van der Waals surface area contributed by atoms with Crippen LogP contribution in [0, 0.1) is 12.8 Å². The van der Waals surface area contributed by atoms with Crippen molar-refractivity contribution in [1.29, 1.82) is 0 Å². The molecule has 2 rings (SSSR count). The van der Waals surface area contributed by atoms with E-state index in [4.69, 9.17) is 9.72 Å². The first-order valence-electron chi connectivity index (χ1n) is 6.93. The van der Waals surface area contributed by atoms with Gasteiger partial charge in [-0.05, 0) is 32.6 Å². The van der Waals surface area contributed by atoms with Crippen LogP contribution >= 0.6 is 11.3 Å². The monoisotopic (exact) mass is 268 g/mol. The van der Waals surface area contributed by atoms with E-state index in [9.17, 15) is 0 Å². The van der Waals surface area contributed by atoms with Gasteiger partial charge in [-0.2, -0.15) is 0 Å². The molecule has 1 atom stereocenters. The summed E-state index contributed by atoms with van der Waals surface area (Å²) in [6.45, 7) is 10.2. The van der Waals surface area contributed by atoms with E-state index >= 15 is 0 Å². The second kappa shape index (κ2) is 6.13. The summed E-state index contributed by atoms with van der Waals surface area (Å²) in [5.74, 6) is 0.710. The van der Waals surface area contributed by atoms with E-state index in [-0.39, 0.29) is 6.10 Å². The summed E-state index contributed by atoms with van der Waals surface area (Å²) in [7, 11) is 0. The number of ether oxygens (including phenoxy) is 1. The molecule has 4 heteroatoms. The Hall–Kier alpha value is -0.450. The van der Waals surface area contributed by atoms with Crippen molar-refractivity contribution in [1.82, 2.24) is 10.3 Å². The highest BCUT2D eigenvalue weighted by molar-refractivity contribution is 7.11. The lowest BCUT2D eigenvalue weighted by atomic mass is 10.2. The van der Waals surface area contributed by atoms with Gasteiger partial charge in [-0.3, -0.25) is 0 Å². The average molecular weight is 268 g/mol. The molecule has 1 N–H and O–H groups in total. The lowest BCUT2D eigenvalue weighted by molar-refractivity contribution is 0.0461. The second-order valence-corrected chi connectivity index (χ2v) is 6.42. The van der Waals surface area contributed by atoms with Crippen LogP contribution in [0.2, 0.25) is 0 Å². The van der Waals surface area contributed by atoms with Crippen LogP contribution in [0.4, 0.5) is 0 Å². The maximum absolute atomic E-state index is 5.87. The predicted molar refractivity (Wildman–Crippen MR) is 75.9 cm³/mol. The predicted octanol–water partition coefficient (Wildman–Crippen LogP) is 3.44. The molecule has 0 radical (unpaired) electrons. The molecule has 1 unspecified atom stereocenters. The zero-order chi connectivity index (χ0) is 13.1. The second-order valence-electron chi connectivity index (χ2n) is 5.31. The van der Waals surface area contributed by atoms with E-state index in [1.165, 1.54) is 22.7 Å². The summed E-state index contributed by atoms with van der Waals surface area (Å²) in [4.78, 5) is 6.07. The van der Waals surface area contributed by atoms with Gasteiger partial charge in [0.15, 0.2) is 0 Å². The van der Waals surface area contributed by atoms with Gasteiger partial charge in [-0.15, -0.1) is 11.3 Å². The Bertz CT molecular complexity index is 385. The fourth-order valence-electron chi connectivity index (χ4n) is 2.02. The minimum Gasteiger partial charge on any atom is -0.371 e. The van der Waals surface area contributed by atoms with Gasteiger partial charge in [0.1, 0.15) is 11.1 Å². The Morgan fingerprint density at radius 1 is 1.44 bits per heavy atom. The third-order valence-corrected chi connectivity index (χ3v) is 4.44. The number of hydrogen-bond donors (Lipinski definition) is 1. The largest absolute Gasteiger partial charge is 0.371 e. The van der Waals surface area contributed by atoms with Crippen molar-refractivity contribution in [2.24, 2.45) is 5.92 Å². The number of rotatable bonds is 7. The minimum atomic E-state index is 0.242. The van der Waals surface area contributed by atoms with Crippen molar-refractivity contribution in [3.63, 3.8) is 0 Å². The molecule has 3 nitrogen and oxygen atoms in total. The zero-order valence-electron chi connectivity index (χ0n) is 11.8. The van der Waals surface area contributed by atoms with E-state index < -0.39 is 0 Å². The highest BCUT2D eigenvalue weighted by atomic mass is 32.1. The minimum absolute atomic E-state index is 0.242. The van der Waals surface area contributed by atoms with E-state index in [0.29, 0.717) is 12.0 Å². The number of aryl methyl sites for hydroxylation is 1. The quantitative estimate of drug-likeness (QED) is 0.822. The standard InChI is InChI=1S/C14H24N2OS/c1-5-17-13(11-6-7-11)14-16-10(4)12(18-14)8-15-9(2)3/h9,11,13,15H,5-8H2,1-4H3. The molecule has 0 amide bonds. The smallest absolute Gasteiger partial charge is 0.122 e. The number of aromatic nitrogens is 1. The topological polar surface area (TPSA) is 34.1 Å². The van der Waals surface area contributed by atoms with E-state index in [0.717, 1.165) is 18.8 Å². The summed E-state index contributed by atoms with van der Waals surface area (Å²) in [5, 5.41) is 4.64. The van der Waals surface area contributed by atoms with Gasteiger partial charge in [-0.1, -0.05) is 13.8 Å². The maximum atomic E-state index is 5.87. The highest BCUT2D eigenvalue weighted by Crippen LogP contribution is 2.44. The van der Waals surface area contributed by atoms with Crippen LogP contribution in [-0.2, 0) is 11.3 Å². The van der Waals surface area contributed by atoms with Crippen molar-refractivity contribution in [2.45, 2.75) is 59.2 Å². The molecule has 0 spiro atoms. The number of hydrogen-bond acceptors (Lipinski definition) is 4. The van der Waals surface area contributed by atoms with Gasteiger partial charge in [0, 0.05) is 24.1 Å². The van der Waals surface area contributed by atoms with Crippen LogP contribution in [0.1, 0.15) is 55.3 Å². The van der Waals surface area contributed by atoms with Gasteiger partial charge in [0.2, 0.25) is 0 Å². The lowest BCUT2D eigenvalue weighted by Gasteiger charge is -2.12. The van der Waals surface area contributed by atoms with Gasteiger partial charge in [-0.25, -0.2) is 4.98 Å². The van der Waals surface area contributed by atoms with E-state index in [2.05, 4.69) is 33.0 Å². The highest BCUT2D eigenvalue weighted by Gasteiger charge is 2.35. The summed E-state index contributed by atoms with van der Waals surface area (Å²) in [5.41, 5.74) is 1.16. The molecule has 1 aliphatic carbocycles. The molecule has 1 fully saturated rings. The Kier molecular flexibility index (Phi) is 4.76. The molecule has 1 aromatic rings. The van der Waals surface area contributed by atoms with Crippen LogP contribution in [0.25, 0.3) is 0 Å². The Morgan fingerprint density at radius 3 is 2.72 bits per heavy atom. The molecular weight excluding hydrogens is 244 g/mol. The van der Waals surface area contributed by atoms with Crippen LogP contribution in [0.3, 0.4) is 0 Å². The summed E-state index contributed by atoms with van der Waals surface area (Å²) in [6.07, 6.45) is 2.83. The van der Waals surface area contributed by atoms with Crippen molar-refractivity contribution in [2.75, 3.05) is 6.61 Å². The van der Waals surface area contributed by atoms with Crippen molar-refractivity contribution < 1.29 is 4.74 Å². The van der Waals surface area contributed by atoms with Crippen molar-refractivity contribution >= 4 is 11.3 Å². The normalized spacial score (nSPS) is 17.4. The average Bonchev–Trinajstić information content (AvgIpc) is 3.08. The summed E-state index contributed by atoms with van der Waals surface area (Å²) in [6, 6.07) is 0.515. The number of nitrogens with one attached hydrogen (secondary N) is 1. The number of thiazole rings is 1. The molecule has 1 saturated carbocycles. The zero-order valence-corrected chi connectivity index (χ0v) is 12.6. The van der Waals surface area contributed by atoms with Crippen LogP contribution in [-0.4, -0.2) is 17.6 Å². The Labute approximate surface area is 114 Å². The van der Waals surface area contributed by atoms with E-state index in [1.807, 2.05) is 11.3 Å². The van der Waals surface area contributed by atoms with Gasteiger partial charge >= 0.3 is 0 Å². The lowest BCUT2D eigenvalue weighted by Crippen LogP contribution is -2.21. The molecule has 0 aromatic carbocycles. The molecular formula is C14H24N2OS. The first kappa shape index (κ1) is 14.0. The van der Waals surface area contributed by atoms with E-state index in [1.54, 1.807) is 0 Å². The molecule has 0 aliphatic heterocycles. The molecule has 0 saturated heterocycles. The van der Waals surface area contributed by atoms with Crippen molar-refractivity contribution in [3.8, 4) is 0 Å². The number of nitrogens with zero attached hydrogens (tertiary/aromatic N) is 1. The fraction of sp³-hybridized carbons (Fsp3) is 0.786. The van der Waals surface area contributed by atoms with Gasteiger partial charge in [0.25, 0.3) is 0 Å². The molecule has 18 heavy (non-hydrogen) atoms. The first-order chi connectivity index (χ1) is 8.61. The van der Waals surface area contributed by atoms with Gasteiger partial charge in [0.05, 0.1) is 5.69 Å². The molecule has 1 aliphatic rings. The SMILES string of the molecule is CCOC(c1nc(C)c(CNC(C)C)s1)C1CC1. The first-order valence-corrected chi connectivity index (χ1v) is 7.74. The molecule has 1 aromatic heterocycles. The fourth-order valence-corrected chi connectivity index (χ4v) is 3.18. The summed E-state index contributed by atoms with van der Waals surface area (Å²) >= 11 is 1.82. The molecule has 102 valence electrons. The summed E-state index contributed by atoms with van der Waals surface area (Å²) < 4.78 is 5.87. The van der Waals surface area contributed by atoms with Crippen LogP contribution < -0.4 is 5.32 Å². The van der Waals surface area contributed by atoms with Gasteiger partial charge < -0.3 is 10.1 Å². The van der Waals surface area contributed by atoms with Crippen LogP contribution in [0.15, 0.2) is 0 Å². The third kappa shape index (κ3) is 3.53. The van der Waals surface area contributed by atoms with Crippen LogP contribution in [0.5, 0.6) is 0 Å². The Balaban J connectivity index is 2.06. The molecule has 1 heterocycles. The van der Waals surface area contributed by atoms with Crippen molar-refractivity contribution in [3.05, 3.63) is 15.6 Å². The molecule has 0 bridgehead atoms. The maximum Gasteiger partial charge on any atom is 0.122 e. The third-order valence-electron chi connectivity index (χ3n) is 3.22. The Morgan fingerprint density at radius 2 is 2.17 bits per heavy atom.